The van der Waals surface area contributed by atoms with Crippen LogP contribution < -0.4 is 10.2 Å². The van der Waals surface area contributed by atoms with E-state index in [1.807, 2.05) is 24.3 Å². The van der Waals surface area contributed by atoms with Gasteiger partial charge in [-0.15, -0.1) is 0 Å². The molecule has 0 unspecified atom stereocenters. The summed E-state index contributed by atoms with van der Waals surface area (Å²) in [5.74, 6) is 0.285. The number of hydrogen-bond acceptors (Lipinski definition) is 5. The lowest BCUT2D eigenvalue weighted by Crippen LogP contribution is -2.50. The molecule has 2 saturated heterocycles. The van der Waals surface area contributed by atoms with Crippen molar-refractivity contribution in [2.45, 2.75) is 45.0 Å². The molecule has 152 valence electrons. The number of ether oxygens (including phenoxy) is 2. The second-order valence-corrected chi connectivity index (χ2v) is 8.09. The van der Waals surface area contributed by atoms with Crippen LogP contribution in [0.15, 0.2) is 24.3 Å². The zero-order chi connectivity index (χ0) is 19.7. The third-order valence-electron chi connectivity index (χ3n) is 5.56. The fraction of sp³-hybridized carbons (Fsp3) is 0.619. The molecule has 4 rings (SSSR count). The summed E-state index contributed by atoms with van der Waals surface area (Å²) < 4.78 is 11.5. The number of ketones is 1. The molecule has 1 aliphatic carbocycles. The van der Waals surface area contributed by atoms with Gasteiger partial charge in [-0.05, 0) is 38.8 Å². The van der Waals surface area contributed by atoms with Gasteiger partial charge >= 0.3 is 6.03 Å². The summed E-state index contributed by atoms with van der Waals surface area (Å²) in [7, 11) is 0. The van der Waals surface area contributed by atoms with E-state index in [2.05, 4.69) is 24.1 Å². The number of urea groups is 1. The highest BCUT2D eigenvalue weighted by Crippen LogP contribution is 2.32. The standard InChI is InChI=1S/C21H29N3O4/c1-14-11-24(12-15(2)28-14)18-6-4-3-5-17(18)22-21(26)23-9-10-27-19(13-23)20(25)16-7-8-16/h3-6,14-16,19H,7-13H2,1-2H3,(H,22,26)/t14-,15-,19-/m1/s1. The Kier molecular flexibility index (Phi) is 5.55. The van der Waals surface area contributed by atoms with Crippen LogP contribution in [0.3, 0.4) is 0 Å². The van der Waals surface area contributed by atoms with Gasteiger partial charge in [0.15, 0.2) is 5.78 Å². The van der Waals surface area contributed by atoms with E-state index in [0.29, 0.717) is 19.7 Å². The molecular weight excluding hydrogens is 358 g/mol. The quantitative estimate of drug-likeness (QED) is 0.860. The third kappa shape index (κ3) is 4.31. The van der Waals surface area contributed by atoms with Crippen molar-refractivity contribution in [3.63, 3.8) is 0 Å². The minimum atomic E-state index is -0.483. The smallest absolute Gasteiger partial charge is 0.322 e. The largest absolute Gasteiger partial charge is 0.372 e. The van der Waals surface area contributed by atoms with Crippen molar-refractivity contribution in [1.29, 1.82) is 0 Å². The minimum Gasteiger partial charge on any atom is -0.372 e. The lowest BCUT2D eigenvalue weighted by Gasteiger charge is -2.38. The Morgan fingerprint density at radius 3 is 2.50 bits per heavy atom. The fourth-order valence-electron chi connectivity index (χ4n) is 4.06. The lowest BCUT2D eigenvalue weighted by molar-refractivity contribution is -0.135. The van der Waals surface area contributed by atoms with Crippen LogP contribution in [0, 0.1) is 5.92 Å². The second-order valence-electron chi connectivity index (χ2n) is 8.09. The maximum atomic E-state index is 12.9. The van der Waals surface area contributed by atoms with Crippen LogP contribution in [0.1, 0.15) is 26.7 Å². The first-order chi connectivity index (χ1) is 13.5. The van der Waals surface area contributed by atoms with E-state index in [0.717, 1.165) is 37.3 Å². The Morgan fingerprint density at radius 2 is 1.79 bits per heavy atom. The highest BCUT2D eigenvalue weighted by Gasteiger charge is 2.38. The molecule has 7 heteroatoms. The molecule has 0 spiro atoms. The summed E-state index contributed by atoms with van der Waals surface area (Å²) in [5, 5.41) is 3.05. The number of rotatable bonds is 4. The number of carbonyl (C=O) groups is 2. The number of hydrogen-bond donors (Lipinski definition) is 1. The van der Waals surface area contributed by atoms with Crippen molar-refractivity contribution in [1.82, 2.24) is 4.90 Å². The molecule has 1 aromatic rings. The number of amides is 2. The van der Waals surface area contributed by atoms with Gasteiger partial charge in [0.1, 0.15) is 6.10 Å². The van der Waals surface area contributed by atoms with Crippen molar-refractivity contribution in [3.8, 4) is 0 Å². The Balaban J connectivity index is 1.43. The van der Waals surface area contributed by atoms with Gasteiger partial charge in [-0.1, -0.05) is 12.1 Å². The molecule has 3 atom stereocenters. The summed E-state index contributed by atoms with van der Waals surface area (Å²) in [5.41, 5.74) is 1.78. The Hall–Kier alpha value is -2.12. The van der Waals surface area contributed by atoms with E-state index in [9.17, 15) is 9.59 Å². The Labute approximate surface area is 166 Å². The highest BCUT2D eigenvalue weighted by atomic mass is 16.5. The monoisotopic (exact) mass is 387 g/mol. The van der Waals surface area contributed by atoms with Gasteiger partial charge in [0, 0.05) is 25.6 Å². The molecule has 2 aliphatic heterocycles. The number of nitrogens with zero attached hydrogens (tertiary/aromatic N) is 2. The maximum absolute atomic E-state index is 12.9. The number of morpholine rings is 2. The normalized spacial score (nSPS) is 28.1. The Bertz CT molecular complexity index is 726. The van der Waals surface area contributed by atoms with Crippen LogP contribution in [0.5, 0.6) is 0 Å². The number of carbonyl (C=O) groups excluding carboxylic acids is 2. The SMILES string of the molecule is C[C@@H]1CN(c2ccccc2NC(=O)N2CCO[C@@H](C(=O)C3CC3)C2)C[C@@H](C)O1. The van der Waals surface area contributed by atoms with E-state index < -0.39 is 6.10 Å². The number of anilines is 2. The van der Waals surface area contributed by atoms with Crippen molar-refractivity contribution in [2.75, 3.05) is 43.0 Å². The predicted octanol–water partition coefficient (Wildman–Crippen LogP) is 2.51. The van der Waals surface area contributed by atoms with Gasteiger partial charge in [-0.3, -0.25) is 4.79 Å². The van der Waals surface area contributed by atoms with Crippen LogP contribution in [0.2, 0.25) is 0 Å². The molecule has 3 aliphatic rings. The molecule has 0 radical (unpaired) electrons. The van der Waals surface area contributed by atoms with Gasteiger partial charge in [-0.25, -0.2) is 4.79 Å². The first-order valence-corrected chi connectivity index (χ1v) is 10.2. The average Bonchev–Trinajstić information content (AvgIpc) is 3.52. The van der Waals surface area contributed by atoms with Crippen LogP contribution in [-0.4, -0.2) is 67.8 Å². The molecule has 7 nitrogen and oxygen atoms in total. The average molecular weight is 387 g/mol. The molecule has 2 amide bonds. The third-order valence-corrected chi connectivity index (χ3v) is 5.56. The van der Waals surface area contributed by atoms with Gasteiger partial charge in [-0.2, -0.15) is 0 Å². The van der Waals surface area contributed by atoms with Gasteiger partial charge in [0.05, 0.1) is 36.7 Å². The zero-order valence-corrected chi connectivity index (χ0v) is 16.6. The minimum absolute atomic E-state index is 0.138. The summed E-state index contributed by atoms with van der Waals surface area (Å²) >= 11 is 0. The van der Waals surface area contributed by atoms with Crippen LogP contribution in [-0.2, 0) is 14.3 Å². The van der Waals surface area contributed by atoms with Crippen LogP contribution >= 0.6 is 0 Å². The first kappa shape index (κ1) is 19.2. The molecular formula is C21H29N3O4. The molecule has 2 heterocycles. The number of benzene rings is 1. The predicted molar refractivity (Wildman–Crippen MR) is 107 cm³/mol. The van der Waals surface area contributed by atoms with Crippen molar-refractivity contribution < 1.29 is 19.1 Å². The van der Waals surface area contributed by atoms with E-state index in [4.69, 9.17) is 9.47 Å². The topological polar surface area (TPSA) is 71.1 Å². The van der Waals surface area contributed by atoms with Crippen molar-refractivity contribution >= 4 is 23.2 Å². The van der Waals surface area contributed by atoms with Crippen molar-refractivity contribution in [2.24, 2.45) is 5.92 Å². The van der Waals surface area contributed by atoms with Crippen LogP contribution in [0.4, 0.5) is 16.2 Å². The van der Waals surface area contributed by atoms with Gasteiger partial charge < -0.3 is 24.6 Å². The highest BCUT2D eigenvalue weighted by molar-refractivity contribution is 5.94. The molecule has 1 saturated carbocycles. The summed E-state index contributed by atoms with van der Waals surface area (Å²) in [6.07, 6.45) is 1.70. The maximum Gasteiger partial charge on any atom is 0.322 e. The molecule has 0 bridgehead atoms. The number of Topliss-reactive ketones (excluding diaryl/α,β-unsaturated/α-hetero) is 1. The second kappa shape index (κ2) is 8.09. The van der Waals surface area contributed by atoms with E-state index >= 15 is 0 Å². The summed E-state index contributed by atoms with van der Waals surface area (Å²) in [6.45, 7) is 6.92. The summed E-state index contributed by atoms with van der Waals surface area (Å²) in [4.78, 5) is 29.1. The van der Waals surface area contributed by atoms with E-state index in [1.54, 1.807) is 4.90 Å². The molecule has 1 N–H and O–H groups in total. The fourth-order valence-corrected chi connectivity index (χ4v) is 4.06. The molecule has 3 fully saturated rings. The molecule has 1 aromatic carbocycles. The van der Waals surface area contributed by atoms with E-state index in [1.165, 1.54) is 0 Å². The molecule has 28 heavy (non-hydrogen) atoms. The number of para-hydroxylation sites is 2. The summed E-state index contributed by atoms with van der Waals surface area (Å²) in [6, 6.07) is 7.67. The van der Waals surface area contributed by atoms with Gasteiger partial charge in [0.2, 0.25) is 0 Å². The van der Waals surface area contributed by atoms with Gasteiger partial charge in [0.25, 0.3) is 0 Å². The van der Waals surface area contributed by atoms with Crippen molar-refractivity contribution in [3.05, 3.63) is 24.3 Å². The first-order valence-electron chi connectivity index (χ1n) is 10.2. The zero-order valence-electron chi connectivity index (χ0n) is 16.6. The molecule has 0 aromatic heterocycles. The van der Waals surface area contributed by atoms with E-state index in [-0.39, 0.29) is 29.9 Å². The number of nitrogens with one attached hydrogen (secondary N) is 1. The Morgan fingerprint density at radius 1 is 1.07 bits per heavy atom. The lowest BCUT2D eigenvalue weighted by atomic mass is 10.1. The van der Waals surface area contributed by atoms with Crippen LogP contribution in [0.25, 0.3) is 0 Å².